The zero-order valence-electron chi connectivity index (χ0n) is 16.6. The zero-order valence-corrected chi connectivity index (χ0v) is 16.6. The standard InChI is InChI=1S/C22H27N5/c1-6-19(15(2)3)22(24-12-10-18-9-7-8-11-23-18)27-17(5)14-21(26-27)20-13-16(4)25-20/h7-9,11,13-14,24H,2,6,10,12H2,1,3-5H3/b22-19-. The molecular weight excluding hydrogens is 334 g/mol. The molecule has 3 heterocycles. The van der Waals surface area contributed by atoms with E-state index in [-0.39, 0.29) is 0 Å². The second-order valence-electron chi connectivity index (χ2n) is 6.82. The fourth-order valence-corrected chi connectivity index (χ4v) is 3.18. The van der Waals surface area contributed by atoms with Gasteiger partial charge in [0.05, 0.1) is 5.71 Å². The maximum atomic E-state index is 4.81. The molecule has 0 aliphatic carbocycles. The smallest absolute Gasteiger partial charge is 0.131 e. The Morgan fingerprint density at radius 2 is 2.04 bits per heavy atom. The van der Waals surface area contributed by atoms with Gasteiger partial charge in [0.15, 0.2) is 0 Å². The average Bonchev–Trinajstić information content (AvgIpc) is 3.00. The fourth-order valence-electron chi connectivity index (χ4n) is 3.18. The molecule has 0 unspecified atom stereocenters. The lowest BCUT2D eigenvalue weighted by atomic mass is 10.1. The van der Waals surface area contributed by atoms with E-state index in [2.05, 4.69) is 47.9 Å². The lowest BCUT2D eigenvalue weighted by Gasteiger charge is -2.18. The summed E-state index contributed by atoms with van der Waals surface area (Å²) in [5.41, 5.74) is 7.24. The van der Waals surface area contributed by atoms with Gasteiger partial charge in [-0.2, -0.15) is 5.10 Å². The summed E-state index contributed by atoms with van der Waals surface area (Å²) in [5, 5.41) is 8.39. The normalized spacial score (nSPS) is 14.1. The number of nitrogens with one attached hydrogen (secondary N) is 1. The van der Waals surface area contributed by atoms with E-state index in [1.54, 1.807) is 0 Å². The van der Waals surface area contributed by atoms with Crippen LogP contribution in [-0.4, -0.2) is 27.0 Å². The third kappa shape index (κ3) is 4.25. The molecule has 0 saturated heterocycles. The third-order valence-corrected chi connectivity index (χ3v) is 4.56. The maximum absolute atomic E-state index is 4.81. The molecule has 3 rings (SSSR count). The molecule has 0 bridgehead atoms. The van der Waals surface area contributed by atoms with Gasteiger partial charge in [0, 0.05) is 36.2 Å². The number of allylic oxidation sites excluding steroid dienone is 4. The molecule has 1 aliphatic rings. The Morgan fingerprint density at radius 3 is 2.63 bits per heavy atom. The summed E-state index contributed by atoms with van der Waals surface area (Å²) < 4.78 is 1.98. The molecule has 0 aromatic carbocycles. The number of aryl methyl sites for hydroxylation is 1. The van der Waals surface area contributed by atoms with Crippen LogP contribution < -0.4 is 5.32 Å². The van der Waals surface area contributed by atoms with Gasteiger partial charge in [-0.05, 0) is 57.0 Å². The third-order valence-electron chi connectivity index (χ3n) is 4.56. The average molecular weight is 361 g/mol. The highest BCUT2D eigenvalue weighted by atomic mass is 15.4. The Bertz CT molecular complexity index is 929. The Hall–Kier alpha value is -2.95. The molecule has 2 aromatic heterocycles. The molecule has 0 amide bonds. The van der Waals surface area contributed by atoms with Crippen LogP contribution in [0.4, 0.5) is 0 Å². The molecule has 5 heteroatoms. The molecule has 2 aromatic rings. The summed E-state index contributed by atoms with van der Waals surface area (Å²) >= 11 is 0. The Kier molecular flexibility index (Phi) is 5.69. The molecular formula is C22H27N5. The fraction of sp³-hybridized carbons (Fsp3) is 0.318. The van der Waals surface area contributed by atoms with Crippen LogP contribution >= 0.6 is 0 Å². The minimum absolute atomic E-state index is 0.776. The van der Waals surface area contributed by atoms with Crippen LogP contribution in [0.1, 0.15) is 44.3 Å². The number of rotatable bonds is 8. The van der Waals surface area contributed by atoms with Crippen molar-refractivity contribution in [1.82, 2.24) is 20.1 Å². The number of hydrogen-bond acceptors (Lipinski definition) is 4. The summed E-state index contributed by atoms with van der Waals surface area (Å²) in [7, 11) is 0. The number of pyridine rings is 1. The predicted molar refractivity (Wildman–Crippen MR) is 112 cm³/mol. The van der Waals surface area contributed by atoms with E-state index in [0.717, 1.165) is 59.3 Å². The van der Waals surface area contributed by atoms with E-state index in [1.807, 2.05) is 42.9 Å². The minimum atomic E-state index is 0.776. The Morgan fingerprint density at radius 1 is 1.26 bits per heavy atom. The second-order valence-corrected chi connectivity index (χ2v) is 6.82. The predicted octanol–water partition coefficient (Wildman–Crippen LogP) is 4.28. The van der Waals surface area contributed by atoms with Crippen molar-refractivity contribution in [2.45, 2.75) is 40.5 Å². The van der Waals surface area contributed by atoms with Crippen LogP contribution in [0.2, 0.25) is 0 Å². The molecule has 5 nitrogen and oxygen atoms in total. The van der Waals surface area contributed by atoms with Crippen LogP contribution in [0.25, 0.3) is 5.82 Å². The summed E-state index contributed by atoms with van der Waals surface area (Å²) in [6, 6.07) is 8.08. The molecule has 0 spiro atoms. The van der Waals surface area contributed by atoms with Crippen LogP contribution in [0, 0.1) is 6.92 Å². The van der Waals surface area contributed by atoms with Gasteiger partial charge in [-0.15, -0.1) is 0 Å². The molecule has 140 valence electrons. The number of aliphatic imine (C=N–C) groups is 1. The van der Waals surface area contributed by atoms with E-state index < -0.39 is 0 Å². The minimum Gasteiger partial charge on any atom is -0.369 e. The van der Waals surface area contributed by atoms with Crippen molar-refractivity contribution < 1.29 is 0 Å². The largest absolute Gasteiger partial charge is 0.369 e. The molecule has 0 saturated carbocycles. The van der Waals surface area contributed by atoms with Crippen molar-refractivity contribution in [3.8, 4) is 0 Å². The van der Waals surface area contributed by atoms with Gasteiger partial charge in [0.1, 0.15) is 11.5 Å². The van der Waals surface area contributed by atoms with Crippen molar-refractivity contribution in [2.75, 3.05) is 6.54 Å². The van der Waals surface area contributed by atoms with Crippen LogP contribution in [-0.2, 0) is 6.42 Å². The monoisotopic (exact) mass is 361 g/mol. The summed E-state index contributed by atoms with van der Waals surface area (Å²) in [6.07, 6.45) is 5.62. The summed E-state index contributed by atoms with van der Waals surface area (Å²) in [6.45, 7) is 13.2. The number of hydrogen-bond donors (Lipinski definition) is 1. The number of nitrogens with zero attached hydrogens (tertiary/aromatic N) is 4. The lowest BCUT2D eigenvalue weighted by molar-refractivity contribution is 0.729. The van der Waals surface area contributed by atoms with Gasteiger partial charge < -0.3 is 5.32 Å². The Labute approximate surface area is 161 Å². The highest BCUT2D eigenvalue weighted by molar-refractivity contribution is 6.11. The molecule has 0 radical (unpaired) electrons. The SMILES string of the molecule is C=C(C)/C(CC)=C(/NCCc1ccccn1)n1nc(C2=NC(C)=C2)cc1C. The molecule has 1 aliphatic heterocycles. The van der Waals surface area contributed by atoms with Crippen molar-refractivity contribution in [3.63, 3.8) is 0 Å². The summed E-state index contributed by atoms with van der Waals surface area (Å²) in [5.74, 6) is 0.991. The lowest BCUT2D eigenvalue weighted by Crippen LogP contribution is -2.24. The first-order valence-corrected chi connectivity index (χ1v) is 9.36. The zero-order chi connectivity index (χ0) is 19.4. The van der Waals surface area contributed by atoms with Gasteiger partial charge >= 0.3 is 0 Å². The first-order valence-electron chi connectivity index (χ1n) is 9.36. The number of aromatic nitrogens is 3. The van der Waals surface area contributed by atoms with Gasteiger partial charge in [-0.3, -0.25) is 9.98 Å². The van der Waals surface area contributed by atoms with Crippen molar-refractivity contribution in [1.29, 1.82) is 0 Å². The molecule has 0 fully saturated rings. The quantitative estimate of drug-likeness (QED) is 0.714. The summed E-state index contributed by atoms with van der Waals surface area (Å²) in [4.78, 5) is 8.85. The van der Waals surface area contributed by atoms with Crippen LogP contribution in [0.5, 0.6) is 0 Å². The molecule has 1 N–H and O–H groups in total. The highest BCUT2D eigenvalue weighted by Gasteiger charge is 2.17. The maximum Gasteiger partial charge on any atom is 0.131 e. The first-order chi connectivity index (χ1) is 13.0. The topological polar surface area (TPSA) is 55.1 Å². The van der Waals surface area contributed by atoms with Gasteiger partial charge in [-0.25, -0.2) is 4.68 Å². The Balaban J connectivity index is 1.87. The van der Waals surface area contributed by atoms with E-state index >= 15 is 0 Å². The van der Waals surface area contributed by atoms with Crippen LogP contribution in [0.3, 0.4) is 0 Å². The van der Waals surface area contributed by atoms with Gasteiger partial charge in [-0.1, -0.05) is 25.1 Å². The van der Waals surface area contributed by atoms with Crippen molar-refractivity contribution in [3.05, 3.63) is 77.0 Å². The van der Waals surface area contributed by atoms with Crippen molar-refractivity contribution >= 4 is 11.5 Å². The van der Waals surface area contributed by atoms with E-state index in [4.69, 9.17) is 5.10 Å². The van der Waals surface area contributed by atoms with E-state index in [9.17, 15) is 0 Å². The van der Waals surface area contributed by atoms with Crippen LogP contribution in [0.15, 0.2) is 65.0 Å². The van der Waals surface area contributed by atoms with E-state index in [1.165, 1.54) is 5.57 Å². The highest BCUT2D eigenvalue weighted by Crippen LogP contribution is 2.22. The second kappa shape index (κ2) is 8.16. The first kappa shape index (κ1) is 18.8. The van der Waals surface area contributed by atoms with Crippen molar-refractivity contribution in [2.24, 2.45) is 4.99 Å². The van der Waals surface area contributed by atoms with Gasteiger partial charge in [0.2, 0.25) is 0 Å². The van der Waals surface area contributed by atoms with Gasteiger partial charge in [0.25, 0.3) is 0 Å². The van der Waals surface area contributed by atoms with E-state index in [0.29, 0.717) is 0 Å². The molecule has 0 atom stereocenters. The molecule has 27 heavy (non-hydrogen) atoms.